The van der Waals surface area contributed by atoms with Crippen molar-refractivity contribution in [2.24, 2.45) is 5.92 Å². The molecule has 1 saturated carbocycles. The summed E-state index contributed by atoms with van der Waals surface area (Å²) in [7, 11) is 0. The molecule has 0 radical (unpaired) electrons. The van der Waals surface area contributed by atoms with Crippen molar-refractivity contribution in [3.8, 4) is 0 Å². The minimum Gasteiger partial charge on any atom is -0.480 e. The number of carboxylic acids is 1. The number of aliphatic carboxylic acids is 1. The maximum absolute atomic E-state index is 12.6. The van der Waals surface area contributed by atoms with E-state index in [9.17, 15) is 14.7 Å². The lowest BCUT2D eigenvalue weighted by Gasteiger charge is -2.41. The van der Waals surface area contributed by atoms with E-state index in [1.165, 1.54) is 19.3 Å². The van der Waals surface area contributed by atoms with Gasteiger partial charge in [-0.3, -0.25) is 4.79 Å². The maximum Gasteiger partial charge on any atom is 0.326 e. The van der Waals surface area contributed by atoms with Gasteiger partial charge in [0.15, 0.2) is 0 Å². The van der Waals surface area contributed by atoms with Crippen molar-refractivity contribution in [3.05, 3.63) is 0 Å². The molecule has 112 valence electrons. The van der Waals surface area contributed by atoms with Gasteiger partial charge in [0.1, 0.15) is 6.04 Å². The molecule has 2 saturated heterocycles. The van der Waals surface area contributed by atoms with Crippen LogP contribution >= 0.6 is 0 Å². The molecule has 0 spiro atoms. The van der Waals surface area contributed by atoms with E-state index in [1.807, 2.05) is 0 Å². The van der Waals surface area contributed by atoms with Gasteiger partial charge in [-0.1, -0.05) is 12.8 Å². The molecule has 0 bridgehead atoms. The van der Waals surface area contributed by atoms with Crippen LogP contribution in [0.2, 0.25) is 0 Å². The molecule has 5 heteroatoms. The lowest BCUT2D eigenvalue weighted by atomic mass is 9.77. The summed E-state index contributed by atoms with van der Waals surface area (Å²) in [4.78, 5) is 25.4. The van der Waals surface area contributed by atoms with E-state index >= 15 is 0 Å². The van der Waals surface area contributed by atoms with E-state index in [0.717, 1.165) is 31.6 Å². The van der Waals surface area contributed by atoms with Crippen LogP contribution in [-0.2, 0) is 9.59 Å². The molecule has 0 aromatic rings. The normalized spacial score (nSPS) is 37.5. The zero-order valence-electron chi connectivity index (χ0n) is 11.9. The highest BCUT2D eigenvalue weighted by molar-refractivity contribution is 5.87. The molecule has 0 aromatic carbocycles. The average Bonchev–Trinajstić information content (AvgIpc) is 2.95. The smallest absolute Gasteiger partial charge is 0.326 e. The number of piperidine rings is 1. The number of carbonyl (C=O) groups is 2. The van der Waals surface area contributed by atoms with E-state index in [4.69, 9.17) is 0 Å². The number of nitrogens with one attached hydrogen (secondary N) is 1. The molecule has 1 amide bonds. The Morgan fingerprint density at radius 3 is 2.60 bits per heavy atom. The molecule has 2 heterocycles. The van der Waals surface area contributed by atoms with Gasteiger partial charge in [0, 0.05) is 12.6 Å². The summed E-state index contributed by atoms with van der Waals surface area (Å²) in [6, 6.07) is -0.292. The fourth-order valence-corrected chi connectivity index (χ4v) is 4.18. The number of hydrogen-bond acceptors (Lipinski definition) is 3. The van der Waals surface area contributed by atoms with Gasteiger partial charge in [-0.05, 0) is 44.4 Å². The molecule has 3 unspecified atom stereocenters. The number of hydrogen-bond donors (Lipinski definition) is 2. The topological polar surface area (TPSA) is 69.6 Å². The van der Waals surface area contributed by atoms with Crippen LogP contribution in [0.4, 0.5) is 0 Å². The lowest BCUT2D eigenvalue weighted by molar-refractivity contribution is -0.149. The molecule has 1 aliphatic carbocycles. The second-order valence-electron chi connectivity index (χ2n) is 6.48. The zero-order chi connectivity index (χ0) is 14.1. The fourth-order valence-electron chi connectivity index (χ4n) is 4.18. The summed E-state index contributed by atoms with van der Waals surface area (Å²) in [5.74, 6) is -0.122. The maximum atomic E-state index is 12.6. The summed E-state index contributed by atoms with van der Waals surface area (Å²) in [5, 5.41) is 12.7. The van der Waals surface area contributed by atoms with Crippen molar-refractivity contribution in [1.29, 1.82) is 0 Å². The van der Waals surface area contributed by atoms with Gasteiger partial charge in [-0.25, -0.2) is 4.79 Å². The summed E-state index contributed by atoms with van der Waals surface area (Å²) in [6.45, 7) is 0.599. The van der Waals surface area contributed by atoms with Gasteiger partial charge < -0.3 is 15.3 Å². The molecular formula is C15H24N2O3. The summed E-state index contributed by atoms with van der Waals surface area (Å²) in [5.41, 5.74) is 0. The molecule has 3 fully saturated rings. The predicted octanol–water partition coefficient (Wildman–Crippen LogP) is 1.37. The van der Waals surface area contributed by atoms with E-state index in [0.29, 0.717) is 19.0 Å². The Bertz CT molecular complexity index is 399. The Labute approximate surface area is 119 Å². The minimum atomic E-state index is -0.859. The number of carbonyl (C=O) groups excluding carboxylic acids is 1. The van der Waals surface area contributed by atoms with Gasteiger partial charge in [0.2, 0.25) is 5.91 Å². The first kappa shape index (κ1) is 13.9. The Kier molecular flexibility index (Phi) is 3.96. The van der Waals surface area contributed by atoms with Crippen LogP contribution in [0.15, 0.2) is 0 Å². The number of likely N-dealkylation sites (tertiary alicyclic amines) is 1. The van der Waals surface area contributed by atoms with Crippen LogP contribution in [0, 0.1) is 5.92 Å². The van der Waals surface area contributed by atoms with Crippen molar-refractivity contribution < 1.29 is 14.7 Å². The minimum absolute atomic E-state index is 0.0129. The Balaban J connectivity index is 1.64. The standard InChI is InChI=1S/C15H24N2O3/c18-14(17-9-3-6-13(17)15(19)20)12-8-7-10-4-1-2-5-11(10)16-12/h10-13,16H,1-9H2,(H,19,20)/t10?,11?,12?,13-/m0/s1. The van der Waals surface area contributed by atoms with Crippen molar-refractivity contribution in [2.75, 3.05) is 6.54 Å². The van der Waals surface area contributed by atoms with Crippen molar-refractivity contribution in [2.45, 2.75) is 69.5 Å². The van der Waals surface area contributed by atoms with Gasteiger partial charge in [-0.15, -0.1) is 0 Å². The number of nitrogens with zero attached hydrogens (tertiary/aromatic N) is 1. The van der Waals surface area contributed by atoms with Crippen molar-refractivity contribution in [1.82, 2.24) is 10.2 Å². The molecule has 5 nitrogen and oxygen atoms in total. The summed E-state index contributed by atoms with van der Waals surface area (Å²) < 4.78 is 0. The second-order valence-corrected chi connectivity index (χ2v) is 6.48. The fraction of sp³-hybridized carbons (Fsp3) is 0.867. The van der Waals surface area contributed by atoms with Gasteiger partial charge >= 0.3 is 5.97 Å². The molecule has 3 aliphatic rings. The van der Waals surface area contributed by atoms with Gasteiger partial charge in [0.25, 0.3) is 0 Å². The Hall–Kier alpha value is -1.10. The van der Waals surface area contributed by atoms with Crippen LogP contribution in [0.25, 0.3) is 0 Å². The third kappa shape index (κ3) is 2.55. The van der Waals surface area contributed by atoms with E-state index in [2.05, 4.69) is 5.32 Å². The third-order valence-corrected chi connectivity index (χ3v) is 5.27. The second kappa shape index (κ2) is 5.72. The highest BCUT2D eigenvalue weighted by Crippen LogP contribution is 2.33. The van der Waals surface area contributed by atoms with Crippen LogP contribution in [-0.4, -0.2) is 46.6 Å². The predicted molar refractivity (Wildman–Crippen MR) is 74.3 cm³/mol. The average molecular weight is 280 g/mol. The monoisotopic (exact) mass is 280 g/mol. The molecule has 0 aromatic heterocycles. The van der Waals surface area contributed by atoms with E-state index < -0.39 is 12.0 Å². The molecule has 2 aliphatic heterocycles. The van der Waals surface area contributed by atoms with Crippen LogP contribution in [0.1, 0.15) is 51.4 Å². The van der Waals surface area contributed by atoms with Gasteiger partial charge in [0.05, 0.1) is 6.04 Å². The van der Waals surface area contributed by atoms with Crippen molar-refractivity contribution in [3.63, 3.8) is 0 Å². The molecule has 2 N–H and O–H groups in total. The number of rotatable bonds is 2. The Morgan fingerprint density at radius 1 is 1.00 bits per heavy atom. The van der Waals surface area contributed by atoms with Crippen LogP contribution < -0.4 is 5.32 Å². The number of fused-ring (bicyclic) bond motifs is 1. The Morgan fingerprint density at radius 2 is 1.80 bits per heavy atom. The largest absolute Gasteiger partial charge is 0.480 e. The highest BCUT2D eigenvalue weighted by atomic mass is 16.4. The quantitative estimate of drug-likeness (QED) is 0.801. The van der Waals surface area contributed by atoms with E-state index in [1.54, 1.807) is 4.90 Å². The summed E-state index contributed by atoms with van der Waals surface area (Å²) in [6.07, 6.45) is 8.38. The lowest BCUT2D eigenvalue weighted by Crippen LogP contribution is -2.57. The van der Waals surface area contributed by atoms with E-state index in [-0.39, 0.29) is 11.9 Å². The third-order valence-electron chi connectivity index (χ3n) is 5.27. The highest BCUT2D eigenvalue weighted by Gasteiger charge is 2.40. The molecule has 20 heavy (non-hydrogen) atoms. The molecule has 3 rings (SSSR count). The van der Waals surface area contributed by atoms with Crippen LogP contribution in [0.3, 0.4) is 0 Å². The zero-order valence-corrected chi connectivity index (χ0v) is 11.9. The number of amides is 1. The molecular weight excluding hydrogens is 256 g/mol. The summed E-state index contributed by atoms with van der Waals surface area (Å²) >= 11 is 0. The van der Waals surface area contributed by atoms with Crippen LogP contribution in [0.5, 0.6) is 0 Å². The first-order valence-corrected chi connectivity index (χ1v) is 7.96. The molecule has 4 atom stereocenters. The first-order valence-electron chi connectivity index (χ1n) is 7.96. The van der Waals surface area contributed by atoms with Gasteiger partial charge in [-0.2, -0.15) is 0 Å². The first-order chi connectivity index (χ1) is 9.66. The number of carboxylic acid groups (broad SMARTS) is 1. The van der Waals surface area contributed by atoms with Crippen molar-refractivity contribution >= 4 is 11.9 Å². The SMILES string of the molecule is O=C(O)[C@@H]1CCCN1C(=O)C1CCC2CCCCC2N1.